The van der Waals surface area contributed by atoms with Gasteiger partial charge in [0.1, 0.15) is 16.7 Å². The fourth-order valence-electron chi connectivity index (χ4n) is 2.39. The van der Waals surface area contributed by atoms with Gasteiger partial charge in [-0.15, -0.1) is 0 Å². The highest BCUT2D eigenvalue weighted by Crippen LogP contribution is 2.20. The Labute approximate surface area is 138 Å². The van der Waals surface area contributed by atoms with Gasteiger partial charge in [-0.1, -0.05) is 0 Å². The van der Waals surface area contributed by atoms with Crippen molar-refractivity contribution in [2.75, 3.05) is 5.32 Å². The first-order valence-corrected chi connectivity index (χ1v) is 7.83. The Balaban J connectivity index is 1.89. The van der Waals surface area contributed by atoms with Gasteiger partial charge in [-0.2, -0.15) is 5.26 Å². The summed E-state index contributed by atoms with van der Waals surface area (Å²) in [5.74, 6) is -0.209. The van der Waals surface area contributed by atoms with Crippen LogP contribution in [0.25, 0.3) is 5.65 Å². The summed E-state index contributed by atoms with van der Waals surface area (Å²) >= 11 is 1.09. The third kappa shape index (κ3) is 3.05. The number of anilines is 1. The number of thiocyanates is 1. The number of hydrogen-bond donors (Lipinski definition) is 1. The third-order valence-electron chi connectivity index (χ3n) is 3.45. The molecule has 114 valence electrons. The van der Waals surface area contributed by atoms with Crippen LogP contribution in [0.1, 0.15) is 21.7 Å². The number of aromatic nitrogens is 2. The summed E-state index contributed by atoms with van der Waals surface area (Å²) in [6.07, 6.45) is 1.85. The number of amides is 1. The monoisotopic (exact) mass is 322 g/mol. The fraction of sp³-hybridized carbons (Fsp3) is 0.118. The summed E-state index contributed by atoms with van der Waals surface area (Å²) in [6.45, 7) is 3.81. The topological polar surface area (TPSA) is 70.2 Å². The van der Waals surface area contributed by atoms with E-state index >= 15 is 0 Å². The molecule has 3 aromatic rings. The van der Waals surface area contributed by atoms with Gasteiger partial charge in [-0.25, -0.2) is 4.98 Å². The Kier molecular flexibility index (Phi) is 4.04. The van der Waals surface area contributed by atoms with Crippen molar-refractivity contribution >= 4 is 29.0 Å². The van der Waals surface area contributed by atoms with Crippen molar-refractivity contribution in [2.45, 2.75) is 18.7 Å². The van der Waals surface area contributed by atoms with E-state index in [1.54, 1.807) is 28.7 Å². The Morgan fingerprint density at radius 2 is 2.00 bits per heavy atom. The first-order chi connectivity index (χ1) is 11.1. The molecule has 1 N–H and O–H groups in total. The van der Waals surface area contributed by atoms with E-state index in [2.05, 4.69) is 10.3 Å². The van der Waals surface area contributed by atoms with E-state index < -0.39 is 0 Å². The number of pyridine rings is 1. The largest absolute Gasteiger partial charge is 0.321 e. The van der Waals surface area contributed by atoms with Crippen molar-refractivity contribution in [3.05, 3.63) is 59.5 Å². The molecule has 0 bridgehead atoms. The number of carbonyl (C=O) groups excluding carboxylic acids is 1. The third-order valence-corrected chi connectivity index (χ3v) is 4.05. The van der Waals surface area contributed by atoms with Crippen LogP contribution < -0.4 is 5.32 Å². The van der Waals surface area contributed by atoms with E-state index in [1.165, 1.54) is 0 Å². The summed E-state index contributed by atoms with van der Waals surface area (Å²) < 4.78 is 1.79. The lowest BCUT2D eigenvalue weighted by molar-refractivity contribution is 0.102. The van der Waals surface area contributed by atoms with E-state index in [1.807, 2.05) is 37.6 Å². The van der Waals surface area contributed by atoms with Crippen molar-refractivity contribution in [2.24, 2.45) is 0 Å². The summed E-state index contributed by atoms with van der Waals surface area (Å²) in [5.41, 5.74) is 3.74. The summed E-state index contributed by atoms with van der Waals surface area (Å²) in [4.78, 5) is 17.9. The summed E-state index contributed by atoms with van der Waals surface area (Å²) in [5, 5.41) is 13.5. The molecule has 0 saturated carbocycles. The second-order valence-electron chi connectivity index (χ2n) is 5.15. The molecule has 0 aliphatic heterocycles. The van der Waals surface area contributed by atoms with E-state index in [9.17, 15) is 4.79 Å². The molecule has 0 fully saturated rings. The molecule has 3 rings (SSSR count). The van der Waals surface area contributed by atoms with Gasteiger partial charge in [0.05, 0.1) is 5.69 Å². The van der Waals surface area contributed by atoms with Gasteiger partial charge < -0.3 is 5.32 Å². The minimum Gasteiger partial charge on any atom is -0.321 e. The molecule has 2 aromatic heterocycles. The smallest absolute Gasteiger partial charge is 0.274 e. The number of nitriles is 1. The van der Waals surface area contributed by atoms with E-state index in [4.69, 9.17) is 5.26 Å². The SMILES string of the molecule is Cc1ccn2c(C(=O)Nc3ccc(SC#N)cc3)c(C)nc2c1. The zero-order chi connectivity index (χ0) is 16.4. The van der Waals surface area contributed by atoms with Crippen molar-refractivity contribution in [1.29, 1.82) is 5.26 Å². The maximum absolute atomic E-state index is 12.6. The number of thioether (sulfide) groups is 1. The quantitative estimate of drug-likeness (QED) is 0.588. The van der Waals surface area contributed by atoms with Gasteiger partial charge in [0.2, 0.25) is 0 Å². The maximum atomic E-state index is 12.6. The molecule has 23 heavy (non-hydrogen) atoms. The molecule has 0 radical (unpaired) electrons. The molecule has 2 heterocycles. The summed E-state index contributed by atoms with van der Waals surface area (Å²) in [7, 11) is 0. The standard InChI is InChI=1S/C17H14N4OS/c1-11-7-8-21-15(9-11)19-12(2)16(21)17(22)20-13-3-5-14(6-4-13)23-10-18/h3-9H,1-2H3,(H,20,22). The van der Waals surface area contributed by atoms with Crippen molar-refractivity contribution in [3.8, 4) is 5.40 Å². The number of nitrogens with one attached hydrogen (secondary N) is 1. The number of imidazole rings is 1. The number of rotatable bonds is 3. The molecule has 5 nitrogen and oxygen atoms in total. The second kappa shape index (κ2) is 6.15. The van der Waals surface area contributed by atoms with Gasteiger partial charge in [0.25, 0.3) is 5.91 Å². The van der Waals surface area contributed by atoms with Crippen molar-refractivity contribution in [1.82, 2.24) is 9.38 Å². The van der Waals surface area contributed by atoms with Gasteiger partial charge in [-0.05, 0) is 67.6 Å². The van der Waals surface area contributed by atoms with Crippen LogP contribution >= 0.6 is 11.8 Å². The highest BCUT2D eigenvalue weighted by molar-refractivity contribution is 8.03. The molecular weight excluding hydrogens is 308 g/mol. The number of aryl methyl sites for hydroxylation is 2. The zero-order valence-electron chi connectivity index (χ0n) is 12.7. The number of benzene rings is 1. The molecule has 0 aliphatic rings. The first kappa shape index (κ1) is 15.1. The van der Waals surface area contributed by atoms with Crippen molar-refractivity contribution < 1.29 is 4.79 Å². The Morgan fingerprint density at radius 1 is 1.26 bits per heavy atom. The van der Waals surface area contributed by atoms with Gasteiger partial charge in [0.15, 0.2) is 0 Å². The number of carbonyl (C=O) groups is 1. The minimum atomic E-state index is -0.209. The Bertz CT molecular complexity index is 922. The number of fused-ring (bicyclic) bond motifs is 1. The lowest BCUT2D eigenvalue weighted by Crippen LogP contribution is -2.15. The first-order valence-electron chi connectivity index (χ1n) is 7.01. The van der Waals surface area contributed by atoms with Crippen LogP contribution in [0.3, 0.4) is 0 Å². The lowest BCUT2D eigenvalue weighted by Gasteiger charge is -2.06. The number of hydrogen-bond acceptors (Lipinski definition) is 4. The minimum absolute atomic E-state index is 0.209. The van der Waals surface area contributed by atoms with Gasteiger partial charge in [-0.3, -0.25) is 9.20 Å². The van der Waals surface area contributed by atoms with E-state index in [0.717, 1.165) is 27.9 Å². The second-order valence-corrected chi connectivity index (χ2v) is 6.01. The van der Waals surface area contributed by atoms with E-state index in [-0.39, 0.29) is 5.91 Å². The lowest BCUT2D eigenvalue weighted by atomic mass is 10.2. The van der Waals surface area contributed by atoms with Crippen LogP contribution in [-0.2, 0) is 0 Å². The molecule has 0 aliphatic carbocycles. The van der Waals surface area contributed by atoms with Crippen LogP contribution in [0.2, 0.25) is 0 Å². The highest BCUT2D eigenvalue weighted by Gasteiger charge is 2.16. The van der Waals surface area contributed by atoms with Gasteiger partial charge in [0, 0.05) is 16.8 Å². The molecule has 6 heteroatoms. The summed E-state index contributed by atoms with van der Waals surface area (Å²) in [6, 6.07) is 11.0. The average Bonchev–Trinajstić information content (AvgIpc) is 2.84. The highest BCUT2D eigenvalue weighted by atomic mass is 32.2. The zero-order valence-corrected chi connectivity index (χ0v) is 13.5. The normalized spacial score (nSPS) is 10.5. The fourth-order valence-corrected chi connectivity index (χ4v) is 2.76. The molecule has 1 amide bonds. The Hall–Kier alpha value is -2.78. The van der Waals surface area contributed by atoms with Crippen LogP contribution in [0, 0.1) is 24.5 Å². The number of nitrogens with zero attached hydrogens (tertiary/aromatic N) is 3. The molecule has 0 atom stereocenters. The molecule has 1 aromatic carbocycles. The van der Waals surface area contributed by atoms with E-state index in [0.29, 0.717) is 17.1 Å². The molecular formula is C17H14N4OS. The van der Waals surface area contributed by atoms with Crippen molar-refractivity contribution in [3.63, 3.8) is 0 Å². The predicted octanol–water partition coefficient (Wildman–Crippen LogP) is 3.78. The predicted molar refractivity (Wildman–Crippen MR) is 90.5 cm³/mol. The Morgan fingerprint density at radius 3 is 2.70 bits per heavy atom. The van der Waals surface area contributed by atoms with Gasteiger partial charge >= 0.3 is 0 Å². The van der Waals surface area contributed by atoms with Crippen LogP contribution in [0.4, 0.5) is 5.69 Å². The molecule has 0 saturated heterocycles. The average molecular weight is 322 g/mol. The molecule has 0 spiro atoms. The maximum Gasteiger partial charge on any atom is 0.274 e. The van der Waals surface area contributed by atoms with Crippen LogP contribution in [0.5, 0.6) is 0 Å². The molecule has 0 unspecified atom stereocenters. The van der Waals surface area contributed by atoms with Crippen LogP contribution in [0.15, 0.2) is 47.5 Å². The van der Waals surface area contributed by atoms with Crippen LogP contribution in [-0.4, -0.2) is 15.3 Å².